The Morgan fingerprint density at radius 2 is 2.23 bits per heavy atom. The molecule has 3 aromatic heterocycles. The Bertz CT molecular complexity index is 924. The number of amides is 1. The summed E-state index contributed by atoms with van der Waals surface area (Å²) >= 11 is 1.63. The van der Waals surface area contributed by atoms with E-state index in [0.29, 0.717) is 17.1 Å². The predicted octanol–water partition coefficient (Wildman–Crippen LogP) is 1.32. The van der Waals surface area contributed by atoms with E-state index in [2.05, 4.69) is 35.7 Å². The summed E-state index contributed by atoms with van der Waals surface area (Å²) in [4.78, 5) is 22.1. The molecule has 0 aromatic carbocycles. The maximum atomic E-state index is 13.2. The Morgan fingerprint density at radius 1 is 1.27 bits per heavy atom. The van der Waals surface area contributed by atoms with Gasteiger partial charge in [-0.2, -0.15) is 0 Å². The zero-order valence-electron chi connectivity index (χ0n) is 14.2. The number of fused-ring (bicyclic) bond motifs is 5. The molecule has 0 aliphatic carbocycles. The van der Waals surface area contributed by atoms with Crippen molar-refractivity contribution in [3.8, 4) is 0 Å². The Kier molecular flexibility index (Phi) is 3.90. The molecule has 2 bridgehead atoms. The van der Waals surface area contributed by atoms with Crippen LogP contribution in [-0.2, 0) is 6.54 Å². The van der Waals surface area contributed by atoms with Gasteiger partial charge < -0.3 is 4.90 Å². The van der Waals surface area contributed by atoms with Gasteiger partial charge >= 0.3 is 0 Å². The molecule has 0 unspecified atom stereocenters. The van der Waals surface area contributed by atoms with E-state index in [4.69, 9.17) is 0 Å². The normalized spacial score (nSPS) is 23.5. The molecule has 134 valence electrons. The lowest BCUT2D eigenvalue weighted by Crippen LogP contribution is -2.47. The van der Waals surface area contributed by atoms with Gasteiger partial charge in [0.25, 0.3) is 5.91 Å². The van der Waals surface area contributed by atoms with Crippen LogP contribution in [0.1, 0.15) is 28.9 Å². The third kappa shape index (κ3) is 2.86. The number of rotatable bonds is 3. The molecule has 8 nitrogen and oxygen atoms in total. The van der Waals surface area contributed by atoms with E-state index < -0.39 is 0 Å². The molecule has 26 heavy (non-hydrogen) atoms. The third-order valence-corrected chi connectivity index (χ3v) is 6.00. The highest BCUT2D eigenvalue weighted by atomic mass is 32.1. The first-order valence-electron chi connectivity index (χ1n) is 8.84. The molecule has 9 heteroatoms. The number of thiazole rings is 1. The number of aromatic nitrogens is 5. The molecule has 6 heterocycles. The summed E-state index contributed by atoms with van der Waals surface area (Å²) in [6, 6.07) is 3.83. The summed E-state index contributed by atoms with van der Waals surface area (Å²) in [6.45, 7) is 3.64. The minimum Gasteiger partial charge on any atom is -0.334 e. The van der Waals surface area contributed by atoms with Crippen LogP contribution in [0.2, 0.25) is 0 Å². The summed E-state index contributed by atoms with van der Waals surface area (Å²) in [5.74, 6) is 0.607. The second kappa shape index (κ2) is 6.40. The fourth-order valence-corrected chi connectivity index (χ4v) is 4.69. The van der Waals surface area contributed by atoms with Crippen molar-refractivity contribution in [2.75, 3.05) is 19.6 Å². The van der Waals surface area contributed by atoms with E-state index >= 15 is 0 Å². The van der Waals surface area contributed by atoms with Crippen molar-refractivity contribution in [3.05, 3.63) is 40.5 Å². The highest BCUT2D eigenvalue weighted by molar-refractivity contribution is 7.07. The van der Waals surface area contributed by atoms with Gasteiger partial charge in [0.1, 0.15) is 0 Å². The second-order valence-corrected chi connectivity index (χ2v) is 7.84. The van der Waals surface area contributed by atoms with Crippen molar-refractivity contribution in [2.24, 2.45) is 5.92 Å². The van der Waals surface area contributed by atoms with Crippen molar-refractivity contribution < 1.29 is 4.79 Å². The number of carbonyl (C=O) groups is 1. The predicted molar refractivity (Wildman–Crippen MR) is 95.7 cm³/mol. The third-order valence-electron chi connectivity index (χ3n) is 5.36. The largest absolute Gasteiger partial charge is 0.334 e. The van der Waals surface area contributed by atoms with E-state index in [1.807, 2.05) is 5.51 Å². The van der Waals surface area contributed by atoms with Gasteiger partial charge in [0, 0.05) is 49.4 Å². The van der Waals surface area contributed by atoms with E-state index in [9.17, 15) is 4.79 Å². The van der Waals surface area contributed by atoms with Gasteiger partial charge in [-0.15, -0.1) is 16.4 Å². The summed E-state index contributed by atoms with van der Waals surface area (Å²) in [6.07, 6.45) is 4.00. The standard InChI is InChI=1S/C17H19N7OS/c25-17(13-3-4-24-16(5-13)19-20-21-24)23-7-12-1-2-15(23)9-22(6-12)8-14-10-26-11-18-14/h3-5,10-12,15H,1-2,6-9H2/t12-,15+/m0/s1. The van der Waals surface area contributed by atoms with Crippen LogP contribution in [0.25, 0.3) is 5.65 Å². The molecule has 0 N–H and O–H groups in total. The molecule has 0 saturated carbocycles. The van der Waals surface area contributed by atoms with Gasteiger partial charge in [0.05, 0.1) is 11.2 Å². The molecule has 0 spiro atoms. The minimum absolute atomic E-state index is 0.0840. The SMILES string of the molecule is O=C(c1ccn2nnnc2c1)N1C[C@H]2CC[C@@H]1CN(Cc1cscn1)C2. The summed E-state index contributed by atoms with van der Waals surface area (Å²) < 4.78 is 1.57. The van der Waals surface area contributed by atoms with Crippen molar-refractivity contribution in [1.29, 1.82) is 0 Å². The average Bonchev–Trinajstić information content (AvgIpc) is 3.26. The van der Waals surface area contributed by atoms with Gasteiger partial charge in [0.15, 0.2) is 5.65 Å². The van der Waals surface area contributed by atoms with Crippen LogP contribution in [0, 0.1) is 5.92 Å². The average molecular weight is 369 g/mol. The summed E-state index contributed by atoms with van der Waals surface area (Å²) in [5, 5.41) is 13.5. The topological polar surface area (TPSA) is 79.5 Å². The number of hydrogen-bond donors (Lipinski definition) is 0. The molecule has 3 fully saturated rings. The van der Waals surface area contributed by atoms with Crippen LogP contribution in [-0.4, -0.2) is 66.4 Å². The van der Waals surface area contributed by atoms with Crippen LogP contribution in [0.5, 0.6) is 0 Å². The smallest absolute Gasteiger partial charge is 0.254 e. The van der Waals surface area contributed by atoms with E-state index in [1.165, 1.54) is 6.42 Å². The number of carbonyl (C=O) groups excluding carboxylic acids is 1. The first-order valence-corrected chi connectivity index (χ1v) is 9.79. The molecular formula is C17H19N7OS. The van der Waals surface area contributed by atoms with Crippen molar-refractivity contribution in [2.45, 2.75) is 25.4 Å². The summed E-state index contributed by atoms with van der Waals surface area (Å²) in [7, 11) is 0. The highest BCUT2D eigenvalue weighted by Gasteiger charge is 2.37. The van der Waals surface area contributed by atoms with Crippen LogP contribution in [0.15, 0.2) is 29.2 Å². The van der Waals surface area contributed by atoms with Crippen LogP contribution in [0.3, 0.4) is 0 Å². The van der Waals surface area contributed by atoms with Crippen LogP contribution < -0.4 is 0 Å². The fraction of sp³-hybridized carbons (Fsp3) is 0.471. The molecule has 3 aromatic rings. The second-order valence-electron chi connectivity index (χ2n) is 7.13. The molecule has 3 aliphatic heterocycles. The van der Waals surface area contributed by atoms with Gasteiger partial charge in [-0.1, -0.05) is 0 Å². The Labute approximate surface area is 154 Å². The number of piperidine rings is 1. The fourth-order valence-electron chi connectivity index (χ4n) is 4.14. The maximum absolute atomic E-state index is 13.2. The van der Waals surface area contributed by atoms with E-state index in [0.717, 1.165) is 38.3 Å². The zero-order chi connectivity index (χ0) is 17.5. The van der Waals surface area contributed by atoms with Gasteiger partial charge in [-0.05, 0) is 41.3 Å². The minimum atomic E-state index is 0.0840. The first-order chi connectivity index (χ1) is 12.8. The lowest BCUT2D eigenvalue weighted by molar-refractivity contribution is 0.0585. The maximum Gasteiger partial charge on any atom is 0.254 e. The lowest BCUT2D eigenvalue weighted by Gasteiger charge is -2.36. The van der Waals surface area contributed by atoms with E-state index in [-0.39, 0.29) is 11.9 Å². The molecule has 3 saturated heterocycles. The van der Waals surface area contributed by atoms with Gasteiger partial charge in [0.2, 0.25) is 0 Å². The summed E-state index contributed by atoms with van der Waals surface area (Å²) in [5.41, 5.74) is 4.26. The quantitative estimate of drug-likeness (QED) is 0.693. The van der Waals surface area contributed by atoms with Crippen molar-refractivity contribution in [1.82, 2.24) is 34.8 Å². The molecule has 2 atom stereocenters. The molecule has 1 amide bonds. The molecule has 6 rings (SSSR count). The first kappa shape index (κ1) is 15.8. The highest BCUT2D eigenvalue weighted by Crippen LogP contribution is 2.30. The Morgan fingerprint density at radius 3 is 3.12 bits per heavy atom. The van der Waals surface area contributed by atoms with E-state index in [1.54, 1.807) is 34.2 Å². The number of hydrogen-bond acceptors (Lipinski definition) is 7. The number of nitrogens with zero attached hydrogens (tertiary/aromatic N) is 7. The molecule has 3 aliphatic rings. The monoisotopic (exact) mass is 369 g/mol. The van der Waals surface area contributed by atoms with Crippen molar-refractivity contribution >= 4 is 22.9 Å². The molecule has 0 radical (unpaired) electrons. The van der Waals surface area contributed by atoms with Crippen molar-refractivity contribution in [3.63, 3.8) is 0 Å². The zero-order valence-corrected chi connectivity index (χ0v) is 15.0. The lowest BCUT2D eigenvalue weighted by atomic mass is 9.94. The van der Waals surface area contributed by atoms with Gasteiger partial charge in [-0.25, -0.2) is 9.50 Å². The Hall–Kier alpha value is -2.39. The Balaban J connectivity index is 1.37. The van der Waals surface area contributed by atoms with Crippen LogP contribution in [0.4, 0.5) is 0 Å². The van der Waals surface area contributed by atoms with Gasteiger partial charge in [-0.3, -0.25) is 9.69 Å². The van der Waals surface area contributed by atoms with Crippen LogP contribution >= 0.6 is 11.3 Å². The molecular weight excluding hydrogens is 350 g/mol. The number of tetrazole rings is 1. The number of pyridine rings is 1.